The predicted octanol–water partition coefficient (Wildman–Crippen LogP) is 2.03. The number of aliphatic carboxylic acids is 1. The van der Waals surface area contributed by atoms with Crippen LogP contribution in [-0.2, 0) is 17.6 Å². The maximum Gasteiger partial charge on any atom is 0.341 e. The molecule has 3 heteroatoms. The summed E-state index contributed by atoms with van der Waals surface area (Å²) in [6, 6.07) is 5.87. The zero-order valence-corrected chi connectivity index (χ0v) is 8.53. The molecule has 0 amide bonds. The highest BCUT2D eigenvalue weighted by Crippen LogP contribution is 2.25. The minimum atomic E-state index is -0.937. The van der Waals surface area contributed by atoms with Crippen molar-refractivity contribution in [3.63, 3.8) is 0 Å². The molecule has 0 heterocycles. The minimum absolute atomic E-state index is 0.265. The molecule has 0 aliphatic heterocycles. The van der Waals surface area contributed by atoms with Crippen LogP contribution in [0.15, 0.2) is 18.2 Å². The molecule has 0 radical (unpaired) electrons. The second kappa shape index (κ2) is 4.34. The summed E-state index contributed by atoms with van der Waals surface area (Å²) < 4.78 is 5.13. The normalized spacial score (nSPS) is 14.4. The smallest absolute Gasteiger partial charge is 0.341 e. The number of carboxylic acid groups (broad SMARTS) is 1. The van der Waals surface area contributed by atoms with Crippen molar-refractivity contribution in [3.05, 3.63) is 29.3 Å². The third kappa shape index (κ3) is 2.49. The van der Waals surface area contributed by atoms with Gasteiger partial charge in [-0.25, -0.2) is 4.79 Å². The zero-order chi connectivity index (χ0) is 10.7. The van der Waals surface area contributed by atoms with Crippen molar-refractivity contribution in [1.29, 1.82) is 0 Å². The number of benzene rings is 1. The molecular weight excluding hydrogens is 192 g/mol. The summed E-state index contributed by atoms with van der Waals surface area (Å²) in [5.74, 6) is -0.272. The molecule has 2 rings (SSSR count). The zero-order valence-electron chi connectivity index (χ0n) is 8.53. The Morgan fingerprint density at radius 3 is 2.73 bits per heavy atom. The van der Waals surface area contributed by atoms with Crippen molar-refractivity contribution < 1.29 is 14.6 Å². The van der Waals surface area contributed by atoms with E-state index in [0.717, 1.165) is 12.8 Å². The van der Waals surface area contributed by atoms with Crippen LogP contribution in [0.4, 0.5) is 0 Å². The van der Waals surface area contributed by atoms with Gasteiger partial charge in [-0.15, -0.1) is 0 Å². The molecule has 1 aromatic rings. The van der Waals surface area contributed by atoms with E-state index >= 15 is 0 Å². The summed E-state index contributed by atoms with van der Waals surface area (Å²) in [5, 5.41) is 8.49. The van der Waals surface area contributed by atoms with E-state index in [-0.39, 0.29) is 6.61 Å². The fourth-order valence-electron chi connectivity index (χ4n) is 1.94. The summed E-state index contributed by atoms with van der Waals surface area (Å²) in [6.45, 7) is -0.265. The Kier molecular flexibility index (Phi) is 2.90. The Labute approximate surface area is 88.7 Å². The van der Waals surface area contributed by atoms with E-state index in [9.17, 15) is 4.79 Å². The first-order chi connectivity index (χ1) is 7.25. The third-order valence-corrected chi connectivity index (χ3v) is 2.68. The van der Waals surface area contributed by atoms with Gasteiger partial charge in [-0.05, 0) is 48.9 Å². The van der Waals surface area contributed by atoms with Crippen LogP contribution in [-0.4, -0.2) is 17.7 Å². The van der Waals surface area contributed by atoms with Crippen LogP contribution in [0.25, 0.3) is 0 Å². The molecule has 1 N–H and O–H groups in total. The Balaban J connectivity index is 2.10. The number of hydrogen-bond acceptors (Lipinski definition) is 2. The molecule has 0 bridgehead atoms. The molecule has 1 aliphatic rings. The van der Waals surface area contributed by atoms with E-state index in [1.165, 1.54) is 24.0 Å². The summed E-state index contributed by atoms with van der Waals surface area (Å²) in [7, 11) is 0. The van der Waals surface area contributed by atoms with E-state index in [1.54, 1.807) is 0 Å². The molecule has 80 valence electrons. The first kappa shape index (κ1) is 10.0. The van der Waals surface area contributed by atoms with Gasteiger partial charge in [-0.1, -0.05) is 6.07 Å². The van der Waals surface area contributed by atoms with Crippen LogP contribution < -0.4 is 4.74 Å². The molecule has 0 atom stereocenters. The molecule has 0 fully saturated rings. The lowest BCUT2D eigenvalue weighted by Crippen LogP contribution is -2.10. The number of carboxylic acids is 1. The molecule has 0 saturated carbocycles. The maximum absolute atomic E-state index is 10.3. The number of aryl methyl sites for hydroxylation is 2. The molecule has 0 saturated heterocycles. The first-order valence-electron chi connectivity index (χ1n) is 5.22. The lowest BCUT2D eigenvalue weighted by Gasteiger charge is -2.16. The number of rotatable bonds is 3. The molecule has 1 aromatic carbocycles. The minimum Gasteiger partial charge on any atom is -0.482 e. The summed E-state index contributed by atoms with van der Waals surface area (Å²) in [4.78, 5) is 10.3. The predicted molar refractivity (Wildman–Crippen MR) is 56.2 cm³/mol. The highest BCUT2D eigenvalue weighted by molar-refractivity contribution is 5.68. The lowest BCUT2D eigenvalue weighted by atomic mass is 9.92. The number of ether oxygens (including phenoxy) is 1. The molecular formula is C12H14O3. The highest BCUT2D eigenvalue weighted by Gasteiger charge is 2.10. The molecule has 0 spiro atoms. The van der Waals surface area contributed by atoms with E-state index in [1.807, 2.05) is 18.2 Å². The van der Waals surface area contributed by atoms with Gasteiger partial charge in [-0.3, -0.25) is 0 Å². The number of carbonyl (C=O) groups is 1. The van der Waals surface area contributed by atoms with Gasteiger partial charge in [0.05, 0.1) is 0 Å². The van der Waals surface area contributed by atoms with Crippen LogP contribution in [0, 0.1) is 0 Å². The van der Waals surface area contributed by atoms with Crippen molar-refractivity contribution in [2.75, 3.05) is 6.61 Å². The average Bonchev–Trinajstić information content (AvgIpc) is 2.26. The van der Waals surface area contributed by atoms with Crippen LogP contribution in [0.3, 0.4) is 0 Å². The maximum atomic E-state index is 10.3. The summed E-state index contributed by atoms with van der Waals surface area (Å²) >= 11 is 0. The van der Waals surface area contributed by atoms with Crippen LogP contribution >= 0.6 is 0 Å². The lowest BCUT2D eigenvalue weighted by molar-refractivity contribution is -0.139. The second-order valence-electron chi connectivity index (χ2n) is 3.82. The Bertz CT molecular complexity index is 371. The number of fused-ring (bicyclic) bond motifs is 1. The second-order valence-corrected chi connectivity index (χ2v) is 3.82. The largest absolute Gasteiger partial charge is 0.482 e. The molecule has 0 aromatic heterocycles. The van der Waals surface area contributed by atoms with Crippen LogP contribution in [0.5, 0.6) is 5.75 Å². The van der Waals surface area contributed by atoms with Gasteiger partial charge in [0.1, 0.15) is 5.75 Å². The van der Waals surface area contributed by atoms with Gasteiger partial charge in [0.2, 0.25) is 0 Å². The van der Waals surface area contributed by atoms with Gasteiger partial charge < -0.3 is 9.84 Å². The topological polar surface area (TPSA) is 46.5 Å². The first-order valence-corrected chi connectivity index (χ1v) is 5.22. The average molecular weight is 206 g/mol. The van der Waals surface area contributed by atoms with Gasteiger partial charge in [0, 0.05) is 0 Å². The Hall–Kier alpha value is -1.51. The monoisotopic (exact) mass is 206 g/mol. The van der Waals surface area contributed by atoms with Gasteiger partial charge >= 0.3 is 5.97 Å². The molecule has 0 unspecified atom stereocenters. The van der Waals surface area contributed by atoms with Crippen molar-refractivity contribution in [2.45, 2.75) is 25.7 Å². The molecule has 15 heavy (non-hydrogen) atoms. The van der Waals surface area contributed by atoms with Crippen molar-refractivity contribution in [2.24, 2.45) is 0 Å². The van der Waals surface area contributed by atoms with Gasteiger partial charge in [-0.2, -0.15) is 0 Å². The quantitative estimate of drug-likeness (QED) is 0.823. The Morgan fingerprint density at radius 1 is 1.27 bits per heavy atom. The van der Waals surface area contributed by atoms with Crippen LogP contribution in [0.2, 0.25) is 0 Å². The van der Waals surface area contributed by atoms with E-state index in [4.69, 9.17) is 9.84 Å². The van der Waals surface area contributed by atoms with E-state index in [2.05, 4.69) is 0 Å². The van der Waals surface area contributed by atoms with Crippen molar-refractivity contribution in [1.82, 2.24) is 0 Å². The number of hydrogen-bond donors (Lipinski definition) is 1. The summed E-state index contributed by atoms with van der Waals surface area (Å²) in [6.07, 6.45) is 4.69. The Morgan fingerprint density at radius 2 is 2.00 bits per heavy atom. The molecule has 3 nitrogen and oxygen atoms in total. The van der Waals surface area contributed by atoms with Crippen molar-refractivity contribution >= 4 is 5.97 Å². The van der Waals surface area contributed by atoms with Crippen molar-refractivity contribution in [3.8, 4) is 5.75 Å². The standard InChI is InChI=1S/C12H14O3/c13-12(14)8-15-11-6-5-9-3-1-2-4-10(9)7-11/h5-7H,1-4,8H2,(H,13,14). The fourth-order valence-corrected chi connectivity index (χ4v) is 1.94. The third-order valence-electron chi connectivity index (χ3n) is 2.68. The van der Waals surface area contributed by atoms with E-state index < -0.39 is 5.97 Å². The molecule has 1 aliphatic carbocycles. The van der Waals surface area contributed by atoms with Gasteiger partial charge in [0.15, 0.2) is 6.61 Å². The van der Waals surface area contributed by atoms with Gasteiger partial charge in [0.25, 0.3) is 0 Å². The summed E-state index contributed by atoms with van der Waals surface area (Å²) in [5.41, 5.74) is 2.69. The SMILES string of the molecule is O=C(O)COc1ccc2c(c1)CCCC2. The van der Waals surface area contributed by atoms with E-state index in [0.29, 0.717) is 5.75 Å². The fraction of sp³-hybridized carbons (Fsp3) is 0.417. The highest BCUT2D eigenvalue weighted by atomic mass is 16.5. The van der Waals surface area contributed by atoms with Crippen LogP contribution in [0.1, 0.15) is 24.0 Å².